The zero-order chi connectivity index (χ0) is 14.5. The number of hydrogen-bond acceptors (Lipinski definition) is 5. The van der Waals surface area contributed by atoms with E-state index >= 15 is 0 Å². The van der Waals surface area contributed by atoms with Crippen LogP contribution in [-0.4, -0.2) is 49.7 Å². The van der Waals surface area contributed by atoms with Gasteiger partial charge in [0.15, 0.2) is 0 Å². The summed E-state index contributed by atoms with van der Waals surface area (Å²) in [6.45, 7) is 0.875. The molecule has 0 aromatic carbocycles. The number of rotatable bonds is 5. The average Bonchev–Trinajstić information content (AvgIpc) is 2.41. The van der Waals surface area contributed by atoms with E-state index in [0.29, 0.717) is 24.0 Å². The summed E-state index contributed by atoms with van der Waals surface area (Å²) in [5.41, 5.74) is 0.133. The van der Waals surface area contributed by atoms with E-state index in [1.165, 1.54) is 19.3 Å². The maximum Gasteiger partial charge on any atom is 0.270 e. The first kappa shape index (κ1) is 14.5. The highest BCUT2D eigenvalue weighted by atomic mass is 35.5. The summed E-state index contributed by atoms with van der Waals surface area (Å²) >= 11 is 5.95. The lowest BCUT2D eigenvalue weighted by Crippen LogP contribution is -2.38. The van der Waals surface area contributed by atoms with Crippen molar-refractivity contribution >= 4 is 23.4 Å². The second-order valence-corrected chi connectivity index (χ2v) is 4.54. The first-order valence-corrected chi connectivity index (χ1v) is 6.36. The van der Waals surface area contributed by atoms with Crippen LogP contribution in [0.15, 0.2) is 12.3 Å². The predicted octanol–water partition coefficient (Wildman–Crippen LogP) is -0.0116. The van der Waals surface area contributed by atoms with Gasteiger partial charge in [-0.05, 0) is 0 Å². The molecule has 0 aliphatic carbocycles. The van der Waals surface area contributed by atoms with E-state index in [4.69, 9.17) is 21.1 Å². The molecule has 1 aliphatic heterocycles. The molecule has 1 saturated heterocycles. The lowest BCUT2D eigenvalue weighted by Gasteiger charge is -2.27. The molecule has 0 spiro atoms. The van der Waals surface area contributed by atoms with Crippen LogP contribution in [0.25, 0.3) is 0 Å². The van der Waals surface area contributed by atoms with Gasteiger partial charge >= 0.3 is 0 Å². The van der Waals surface area contributed by atoms with Crippen molar-refractivity contribution in [2.24, 2.45) is 0 Å². The van der Waals surface area contributed by atoms with E-state index in [9.17, 15) is 9.59 Å². The maximum atomic E-state index is 11.8. The third-order valence-corrected chi connectivity index (χ3v) is 2.93. The van der Waals surface area contributed by atoms with Crippen LogP contribution in [0, 0.1) is 0 Å². The Bertz CT molecular complexity index is 519. The highest BCUT2D eigenvalue weighted by molar-refractivity contribution is 6.32. The smallest absolute Gasteiger partial charge is 0.270 e. The largest absolute Gasteiger partial charge is 0.484 e. The first-order valence-electron chi connectivity index (χ1n) is 5.99. The predicted molar refractivity (Wildman–Crippen MR) is 70.9 cm³/mol. The van der Waals surface area contributed by atoms with E-state index in [1.807, 2.05) is 0 Å². The Morgan fingerprint density at radius 1 is 1.55 bits per heavy atom. The van der Waals surface area contributed by atoms with E-state index in [1.54, 1.807) is 0 Å². The highest BCUT2D eigenvalue weighted by Crippen LogP contribution is 2.26. The third-order valence-electron chi connectivity index (χ3n) is 2.64. The van der Waals surface area contributed by atoms with E-state index < -0.39 is 5.91 Å². The summed E-state index contributed by atoms with van der Waals surface area (Å²) in [6.07, 6.45) is 1.28. The minimum atomic E-state index is -0.472. The molecule has 1 aromatic heterocycles. The van der Waals surface area contributed by atoms with Crippen molar-refractivity contribution in [1.29, 1.82) is 0 Å². The highest BCUT2D eigenvalue weighted by Gasteiger charge is 2.22. The molecule has 0 unspecified atom stereocenters. The van der Waals surface area contributed by atoms with Gasteiger partial charge in [-0.15, -0.1) is 0 Å². The van der Waals surface area contributed by atoms with Gasteiger partial charge in [0.2, 0.25) is 5.91 Å². The normalized spacial score (nSPS) is 14.3. The number of amides is 2. The Morgan fingerprint density at radius 3 is 2.90 bits per heavy atom. The summed E-state index contributed by atoms with van der Waals surface area (Å²) < 4.78 is 10.6. The van der Waals surface area contributed by atoms with Crippen molar-refractivity contribution in [2.45, 2.75) is 6.10 Å². The van der Waals surface area contributed by atoms with Crippen molar-refractivity contribution in [3.63, 3.8) is 0 Å². The molecule has 0 bridgehead atoms. The van der Waals surface area contributed by atoms with Gasteiger partial charge in [0, 0.05) is 13.1 Å². The topological polar surface area (TPSA) is 89.6 Å². The van der Waals surface area contributed by atoms with Crippen molar-refractivity contribution < 1.29 is 19.1 Å². The fourth-order valence-corrected chi connectivity index (χ4v) is 1.58. The quantitative estimate of drug-likeness (QED) is 0.798. The van der Waals surface area contributed by atoms with Crippen molar-refractivity contribution in [3.05, 3.63) is 23.0 Å². The Morgan fingerprint density at radius 2 is 2.30 bits per heavy atom. The van der Waals surface area contributed by atoms with Gasteiger partial charge < -0.3 is 20.1 Å². The fourth-order valence-electron chi connectivity index (χ4n) is 1.44. The van der Waals surface area contributed by atoms with Crippen LogP contribution < -0.4 is 15.4 Å². The molecule has 20 heavy (non-hydrogen) atoms. The number of aromatic nitrogens is 1. The van der Waals surface area contributed by atoms with Crippen molar-refractivity contribution in [1.82, 2.24) is 15.6 Å². The lowest BCUT2D eigenvalue weighted by molar-refractivity contribution is -0.119. The molecule has 0 radical (unpaired) electrons. The van der Waals surface area contributed by atoms with E-state index in [2.05, 4.69) is 15.6 Å². The standard InChI is InChI=1S/C12H14ClN3O4/c1-14-11(17)4-16-12(18)9-2-10(8(13)3-15-9)20-7-5-19-6-7/h2-3,7H,4-6H2,1H3,(H,14,17)(H,16,18). The number of halogens is 1. The Balaban J connectivity index is 2.01. The number of carbonyl (C=O) groups is 2. The monoisotopic (exact) mass is 299 g/mol. The van der Waals surface area contributed by atoms with Crippen LogP contribution in [-0.2, 0) is 9.53 Å². The van der Waals surface area contributed by atoms with E-state index in [-0.39, 0.29) is 24.2 Å². The van der Waals surface area contributed by atoms with E-state index in [0.717, 1.165) is 0 Å². The Labute approximate surface area is 120 Å². The van der Waals surface area contributed by atoms with Gasteiger partial charge in [-0.1, -0.05) is 11.6 Å². The number of ether oxygens (including phenoxy) is 2. The summed E-state index contributed by atoms with van der Waals surface area (Å²) in [6, 6.07) is 1.44. The molecule has 2 amide bonds. The van der Waals surface area contributed by atoms with Gasteiger partial charge in [-0.3, -0.25) is 9.59 Å². The lowest BCUT2D eigenvalue weighted by atomic mass is 10.3. The van der Waals surface area contributed by atoms with Crippen LogP contribution in [0.1, 0.15) is 10.5 Å². The molecule has 0 atom stereocenters. The molecule has 2 rings (SSSR count). The molecule has 7 nitrogen and oxygen atoms in total. The third kappa shape index (κ3) is 3.58. The van der Waals surface area contributed by atoms with Crippen LogP contribution in [0.3, 0.4) is 0 Å². The van der Waals surface area contributed by atoms with Crippen LogP contribution in [0.4, 0.5) is 0 Å². The zero-order valence-electron chi connectivity index (χ0n) is 10.8. The summed E-state index contributed by atoms with van der Waals surface area (Å²) in [5.74, 6) is -0.393. The van der Waals surface area contributed by atoms with Gasteiger partial charge in [-0.2, -0.15) is 0 Å². The minimum Gasteiger partial charge on any atom is -0.484 e. The zero-order valence-corrected chi connectivity index (χ0v) is 11.6. The minimum absolute atomic E-state index is 0.0586. The molecule has 1 aromatic rings. The Kier molecular flexibility index (Phi) is 4.75. The number of nitrogens with zero attached hydrogens (tertiary/aromatic N) is 1. The van der Waals surface area contributed by atoms with Crippen LogP contribution in [0.2, 0.25) is 5.02 Å². The molecule has 8 heteroatoms. The summed E-state index contributed by atoms with van der Waals surface area (Å²) in [4.78, 5) is 26.8. The molecule has 2 heterocycles. The number of pyridine rings is 1. The van der Waals surface area contributed by atoms with Crippen LogP contribution in [0.5, 0.6) is 5.75 Å². The van der Waals surface area contributed by atoms with Crippen molar-refractivity contribution in [2.75, 3.05) is 26.8 Å². The number of nitrogens with one attached hydrogen (secondary N) is 2. The van der Waals surface area contributed by atoms with Gasteiger partial charge in [-0.25, -0.2) is 4.98 Å². The molecule has 1 aliphatic rings. The number of carbonyl (C=O) groups excluding carboxylic acids is 2. The Hall–Kier alpha value is -1.86. The molecule has 0 saturated carbocycles. The second-order valence-electron chi connectivity index (χ2n) is 4.13. The van der Waals surface area contributed by atoms with Gasteiger partial charge in [0.1, 0.15) is 22.6 Å². The fraction of sp³-hybridized carbons (Fsp3) is 0.417. The number of hydrogen-bond donors (Lipinski definition) is 2. The molecule has 2 N–H and O–H groups in total. The SMILES string of the molecule is CNC(=O)CNC(=O)c1cc(OC2COC2)c(Cl)cn1. The molecular formula is C12H14ClN3O4. The van der Waals surface area contributed by atoms with Gasteiger partial charge in [0.25, 0.3) is 5.91 Å². The molecule has 1 fully saturated rings. The first-order chi connectivity index (χ1) is 9.60. The number of likely N-dealkylation sites (N-methyl/N-ethyl adjacent to an activating group) is 1. The summed E-state index contributed by atoms with van der Waals surface area (Å²) in [5, 5.41) is 5.16. The van der Waals surface area contributed by atoms with Gasteiger partial charge in [0.05, 0.1) is 26.0 Å². The molecule has 108 valence electrons. The van der Waals surface area contributed by atoms with Crippen molar-refractivity contribution in [3.8, 4) is 5.75 Å². The second kappa shape index (κ2) is 6.53. The van der Waals surface area contributed by atoms with Crippen LogP contribution >= 0.6 is 11.6 Å². The maximum absolute atomic E-state index is 11.8. The molecular weight excluding hydrogens is 286 g/mol. The summed E-state index contributed by atoms with van der Waals surface area (Å²) in [7, 11) is 1.49. The average molecular weight is 300 g/mol.